The van der Waals surface area contributed by atoms with Crippen LogP contribution < -0.4 is 11.3 Å². The van der Waals surface area contributed by atoms with E-state index in [1.807, 2.05) is 30.9 Å². The molecule has 0 radical (unpaired) electrons. The molecular weight excluding hydrogens is 208 g/mol. The molecule has 0 aromatic carbocycles. The highest BCUT2D eigenvalue weighted by atomic mass is 32.2. The fraction of sp³-hybridized carbons (Fsp3) is 0.545. The Kier molecular flexibility index (Phi) is 5.50. The molecule has 0 spiro atoms. The van der Waals surface area contributed by atoms with Gasteiger partial charge in [0.1, 0.15) is 0 Å². The summed E-state index contributed by atoms with van der Waals surface area (Å²) >= 11 is 1.85. The summed E-state index contributed by atoms with van der Waals surface area (Å²) in [5.41, 5.74) is 5.72. The maximum atomic E-state index is 11.3. The summed E-state index contributed by atoms with van der Waals surface area (Å²) in [7, 11) is 0. The van der Waals surface area contributed by atoms with Crippen LogP contribution in [-0.2, 0) is 6.54 Å². The van der Waals surface area contributed by atoms with E-state index in [-0.39, 0.29) is 11.6 Å². The number of hydrogen-bond donors (Lipinski definition) is 1. The van der Waals surface area contributed by atoms with E-state index >= 15 is 0 Å². The van der Waals surface area contributed by atoms with Gasteiger partial charge in [-0.05, 0) is 25.2 Å². The molecule has 1 rings (SSSR count). The normalized spacial score (nSPS) is 12.7. The third-order valence-electron chi connectivity index (χ3n) is 2.09. The van der Waals surface area contributed by atoms with E-state index in [0.717, 1.165) is 24.5 Å². The molecule has 0 bridgehead atoms. The summed E-state index contributed by atoms with van der Waals surface area (Å²) in [6.07, 6.45) is 2.86. The zero-order valence-corrected chi connectivity index (χ0v) is 9.87. The van der Waals surface area contributed by atoms with Crippen molar-refractivity contribution in [2.45, 2.75) is 25.9 Å². The van der Waals surface area contributed by atoms with Crippen molar-refractivity contribution in [3.8, 4) is 0 Å². The van der Waals surface area contributed by atoms with Crippen molar-refractivity contribution < 1.29 is 0 Å². The first-order valence-electron chi connectivity index (χ1n) is 5.19. The third kappa shape index (κ3) is 5.04. The van der Waals surface area contributed by atoms with Crippen LogP contribution in [0.5, 0.6) is 0 Å². The summed E-state index contributed by atoms with van der Waals surface area (Å²) in [5.74, 6) is 2.04. The van der Waals surface area contributed by atoms with E-state index in [2.05, 4.69) is 0 Å². The van der Waals surface area contributed by atoms with Crippen molar-refractivity contribution in [1.82, 2.24) is 4.57 Å². The van der Waals surface area contributed by atoms with Crippen molar-refractivity contribution in [1.29, 1.82) is 0 Å². The summed E-state index contributed by atoms with van der Waals surface area (Å²) in [6.45, 7) is 2.80. The highest BCUT2D eigenvalue weighted by Gasteiger charge is 1.96. The van der Waals surface area contributed by atoms with Gasteiger partial charge in [0.25, 0.3) is 5.56 Å². The number of aryl methyl sites for hydroxylation is 1. The predicted octanol–water partition coefficient (Wildman–Crippen LogP) is 1.32. The number of pyridine rings is 1. The first-order valence-corrected chi connectivity index (χ1v) is 6.34. The zero-order chi connectivity index (χ0) is 11.1. The Morgan fingerprint density at radius 2 is 2.27 bits per heavy atom. The summed E-state index contributed by atoms with van der Waals surface area (Å²) in [6, 6.07) is 5.51. The fourth-order valence-electron chi connectivity index (χ4n) is 1.18. The first-order chi connectivity index (χ1) is 7.20. The molecule has 0 aliphatic rings. The van der Waals surface area contributed by atoms with Gasteiger partial charge >= 0.3 is 0 Å². The van der Waals surface area contributed by atoms with Crippen LogP contribution in [0.4, 0.5) is 0 Å². The molecule has 0 fully saturated rings. The van der Waals surface area contributed by atoms with Crippen molar-refractivity contribution in [3.63, 3.8) is 0 Å². The second-order valence-electron chi connectivity index (χ2n) is 3.61. The van der Waals surface area contributed by atoms with Gasteiger partial charge in [-0.15, -0.1) is 0 Å². The minimum atomic E-state index is 0.0743. The van der Waals surface area contributed by atoms with Gasteiger partial charge in [-0.2, -0.15) is 11.8 Å². The highest BCUT2D eigenvalue weighted by molar-refractivity contribution is 7.99. The van der Waals surface area contributed by atoms with Gasteiger partial charge < -0.3 is 10.3 Å². The molecule has 1 aromatic heterocycles. The molecule has 0 saturated heterocycles. The molecule has 0 aliphatic heterocycles. The number of nitrogens with zero attached hydrogens (tertiary/aromatic N) is 1. The van der Waals surface area contributed by atoms with Crippen LogP contribution in [0.2, 0.25) is 0 Å². The highest BCUT2D eigenvalue weighted by Crippen LogP contribution is 2.04. The smallest absolute Gasteiger partial charge is 0.250 e. The number of rotatable bonds is 6. The second kappa shape index (κ2) is 6.69. The predicted molar refractivity (Wildman–Crippen MR) is 66.3 cm³/mol. The molecule has 3 nitrogen and oxygen atoms in total. The lowest BCUT2D eigenvalue weighted by Crippen LogP contribution is -2.19. The van der Waals surface area contributed by atoms with E-state index in [1.165, 1.54) is 0 Å². The average molecular weight is 226 g/mol. The molecule has 2 N–H and O–H groups in total. The van der Waals surface area contributed by atoms with E-state index in [9.17, 15) is 4.79 Å². The SMILES string of the molecule is CC(N)CCSCCn1ccccc1=O. The van der Waals surface area contributed by atoms with Crippen molar-refractivity contribution >= 4 is 11.8 Å². The molecule has 0 aliphatic carbocycles. The Morgan fingerprint density at radius 3 is 2.93 bits per heavy atom. The topological polar surface area (TPSA) is 48.0 Å². The van der Waals surface area contributed by atoms with Gasteiger partial charge in [-0.25, -0.2) is 0 Å². The molecule has 15 heavy (non-hydrogen) atoms. The lowest BCUT2D eigenvalue weighted by Gasteiger charge is -2.06. The van der Waals surface area contributed by atoms with E-state index in [0.29, 0.717) is 0 Å². The van der Waals surface area contributed by atoms with Crippen LogP contribution in [-0.4, -0.2) is 22.1 Å². The number of nitrogens with two attached hydrogens (primary N) is 1. The Bertz CT molecular complexity index is 335. The molecule has 1 heterocycles. The summed E-state index contributed by atoms with van der Waals surface area (Å²) in [4.78, 5) is 11.3. The molecule has 0 saturated carbocycles. The Balaban J connectivity index is 2.21. The van der Waals surface area contributed by atoms with Crippen LogP contribution in [0.1, 0.15) is 13.3 Å². The molecular formula is C11H18N2OS. The summed E-state index contributed by atoms with van der Waals surface area (Å²) in [5, 5.41) is 0. The first kappa shape index (κ1) is 12.3. The molecule has 4 heteroatoms. The monoisotopic (exact) mass is 226 g/mol. The van der Waals surface area contributed by atoms with Gasteiger partial charge in [-0.1, -0.05) is 6.07 Å². The van der Waals surface area contributed by atoms with Crippen LogP contribution in [0.3, 0.4) is 0 Å². The van der Waals surface area contributed by atoms with Crippen LogP contribution in [0, 0.1) is 0 Å². The second-order valence-corrected chi connectivity index (χ2v) is 4.84. The molecule has 0 amide bonds. The van der Waals surface area contributed by atoms with Gasteiger partial charge in [0, 0.05) is 30.6 Å². The molecule has 1 aromatic rings. The van der Waals surface area contributed by atoms with Crippen molar-refractivity contribution in [3.05, 3.63) is 34.7 Å². The van der Waals surface area contributed by atoms with Crippen molar-refractivity contribution in [2.75, 3.05) is 11.5 Å². The molecule has 1 atom stereocenters. The number of aromatic nitrogens is 1. The third-order valence-corrected chi connectivity index (χ3v) is 3.09. The number of hydrogen-bond acceptors (Lipinski definition) is 3. The maximum absolute atomic E-state index is 11.3. The van der Waals surface area contributed by atoms with Crippen LogP contribution in [0.15, 0.2) is 29.2 Å². The standard InChI is InChI=1S/C11H18N2OS/c1-10(12)5-8-15-9-7-13-6-3-2-4-11(13)14/h2-4,6,10H,5,7-9,12H2,1H3. The minimum Gasteiger partial charge on any atom is -0.328 e. The molecule has 1 unspecified atom stereocenters. The Morgan fingerprint density at radius 1 is 1.47 bits per heavy atom. The van der Waals surface area contributed by atoms with Crippen LogP contribution in [0.25, 0.3) is 0 Å². The average Bonchev–Trinajstić information content (AvgIpc) is 2.20. The van der Waals surface area contributed by atoms with Gasteiger partial charge in [0.15, 0.2) is 0 Å². The largest absolute Gasteiger partial charge is 0.328 e. The summed E-state index contributed by atoms with van der Waals surface area (Å²) < 4.78 is 1.73. The van der Waals surface area contributed by atoms with Crippen LogP contribution >= 0.6 is 11.8 Å². The quantitative estimate of drug-likeness (QED) is 0.744. The Labute approximate surface area is 94.7 Å². The lowest BCUT2D eigenvalue weighted by molar-refractivity contribution is 0.715. The minimum absolute atomic E-state index is 0.0743. The van der Waals surface area contributed by atoms with E-state index in [4.69, 9.17) is 5.73 Å². The van der Waals surface area contributed by atoms with Gasteiger partial charge in [-0.3, -0.25) is 4.79 Å². The lowest BCUT2D eigenvalue weighted by atomic mass is 10.3. The van der Waals surface area contributed by atoms with E-state index in [1.54, 1.807) is 16.7 Å². The molecule has 84 valence electrons. The van der Waals surface area contributed by atoms with Gasteiger partial charge in [0.2, 0.25) is 0 Å². The number of thioether (sulfide) groups is 1. The van der Waals surface area contributed by atoms with Gasteiger partial charge in [0.05, 0.1) is 0 Å². The fourth-order valence-corrected chi connectivity index (χ4v) is 2.25. The zero-order valence-electron chi connectivity index (χ0n) is 9.06. The van der Waals surface area contributed by atoms with Crippen molar-refractivity contribution in [2.24, 2.45) is 5.73 Å². The van der Waals surface area contributed by atoms with E-state index < -0.39 is 0 Å². The maximum Gasteiger partial charge on any atom is 0.250 e. The Hall–Kier alpha value is -0.740.